The zero-order valence-electron chi connectivity index (χ0n) is 29.9. The highest BCUT2D eigenvalue weighted by Gasteiger charge is 2.31. The van der Waals surface area contributed by atoms with Crippen molar-refractivity contribution in [3.05, 3.63) is 95.3 Å². The van der Waals surface area contributed by atoms with Crippen LogP contribution in [-0.4, -0.2) is 12.3 Å². The second-order valence-corrected chi connectivity index (χ2v) is 16.2. The van der Waals surface area contributed by atoms with Crippen molar-refractivity contribution in [2.24, 2.45) is 0 Å². The van der Waals surface area contributed by atoms with E-state index in [2.05, 4.69) is 99.4 Å². The molecule has 0 bridgehead atoms. The normalized spacial score (nSPS) is 15.3. The van der Waals surface area contributed by atoms with Crippen molar-refractivity contribution in [2.75, 3.05) is 12.3 Å². The van der Waals surface area contributed by atoms with E-state index in [4.69, 9.17) is 0 Å². The first-order valence-electron chi connectivity index (χ1n) is 19.5. The van der Waals surface area contributed by atoms with E-state index in [1.165, 1.54) is 151 Å². The van der Waals surface area contributed by atoms with Gasteiger partial charge in [0.1, 0.15) is 0 Å². The first-order chi connectivity index (χ1) is 22.8. The molecule has 0 aliphatic heterocycles. The van der Waals surface area contributed by atoms with Gasteiger partial charge in [0.15, 0.2) is 0 Å². The highest BCUT2D eigenvalue weighted by Crippen LogP contribution is 2.52. The summed E-state index contributed by atoms with van der Waals surface area (Å²) >= 11 is 0. The maximum atomic E-state index is 2.58. The molecule has 0 saturated heterocycles. The van der Waals surface area contributed by atoms with Crippen LogP contribution < -0.4 is 0 Å². The highest BCUT2D eigenvalue weighted by atomic mass is 31.1. The van der Waals surface area contributed by atoms with E-state index in [9.17, 15) is 0 Å². The molecule has 0 spiro atoms. The molecule has 1 aliphatic carbocycles. The maximum Gasteiger partial charge on any atom is 0.0104 e. The Bertz CT molecular complexity index is 1320. The second-order valence-electron chi connectivity index (χ2n) is 13.9. The first kappa shape index (κ1) is 36.7. The van der Waals surface area contributed by atoms with Gasteiger partial charge < -0.3 is 0 Å². The molecule has 0 nitrogen and oxygen atoms in total. The summed E-state index contributed by atoms with van der Waals surface area (Å²) in [6.07, 6.45) is 31.1. The molecule has 0 fully saturated rings. The molecule has 46 heavy (non-hydrogen) atoms. The standard InChI is InChI=1S/C45H65P/c1-4-7-10-11-12-13-16-19-32-43-40-30-23-24-31-41(40)44(45(43)42-34-26-28-38-27-21-22-29-39(38)42)33-20-17-14-15-18-25-37-46(35-8-5-2)36-9-6-3/h8,21-24,26-31,34-35,44H,4-7,9-20,25,32-33,36-37H2,1-3H3. The Morgan fingerprint density at radius 3 is 1.96 bits per heavy atom. The van der Waals surface area contributed by atoms with Crippen LogP contribution in [0.15, 0.2) is 78.6 Å². The van der Waals surface area contributed by atoms with Gasteiger partial charge >= 0.3 is 0 Å². The molecule has 2 unspecified atom stereocenters. The molecule has 250 valence electrons. The molecule has 0 aromatic heterocycles. The van der Waals surface area contributed by atoms with Gasteiger partial charge in [-0.05, 0) is 89.5 Å². The van der Waals surface area contributed by atoms with E-state index >= 15 is 0 Å². The van der Waals surface area contributed by atoms with Gasteiger partial charge in [-0.1, -0.05) is 191 Å². The minimum atomic E-state index is 0.128. The number of unbranched alkanes of at least 4 members (excludes halogenated alkanes) is 13. The molecular formula is C45H65P. The summed E-state index contributed by atoms with van der Waals surface area (Å²) < 4.78 is 0. The second kappa shape index (κ2) is 21.7. The molecule has 3 aromatic carbocycles. The smallest absolute Gasteiger partial charge is 0.0104 e. The lowest BCUT2D eigenvalue weighted by molar-refractivity contribution is 0.577. The Morgan fingerprint density at radius 1 is 0.565 bits per heavy atom. The molecule has 1 aliphatic rings. The topological polar surface area (TPSA) is 0 Å². The van der Waals surface area contributed by atoms with Crippen molar-refractivity contribution in [1.82, 2.24) is 0 Å². The van der Waals surface area contributed by atoms with Gasteiger partial charge in [-0.25, -0.2) is 0 Å². The molecule has 0 N–H and O–H groups in total. The maximum absolute atomic E-state index is 2.58. The Labute approximate surface area is 285 Å². The highest BCUT2D eigenvalue weighted by molar-refractivity contribution is 7.60. The number of fused-ring (bicyclic) bond motifs is 2. The van der Waals surface area contributed by atoms with Crippen LogP contribution in [0, 0.1) is 0 Å². The van der Waals surface area contributed by atoms with E-state index < -0.39 is 0 Å². The summed E-state index contributed by atoms with van der Waals surface area (Å²) in [6.45, 7) is 6.92. The molecule has 0 amide bonds. The lowest BCUT2D eigenvalue weighted by Crippen LogP contribution is -2.00. The molecule has 4 rings (SSSR count). The number of hydrogen-bond donors (Lipinski definition) is 0. The average Bonchev–Trinajstić information content (AvgIpc) is 3.40. The van der Waals surface area contributed by atoms with Crippen LogP contribution in [0.1, 0.15) is 165 Å². The van der Waals surface area contributed by atoms with Gasteiger partial charge in [0.2, 0.25) is 0 Å². The van der Waals surface area contributed by atoms with Gasteiger partial charge in [-0.3, -0.25) is 0 Å². The van der Waals surface area contributed by atoms with Gasteiger partial charge in [0.05, 0.1) is 0 Å². The van der Waals surface area contributed by atoms with E-state index in [0.717, 1.165) is 0 Å². The Balaban J connectivity index is 1.39. The summed E-state index contributed by atoms with van der Waals surface area (Å²) in [5.74, 6) is 3.10. The third kappa shape index (κ3) is 11.2. The van der Waals surface area contributed by atoms with Crippen molar-refractivity contribution >= 4 is 29.8 Å². The van der Waals surface area contributed by atoms with E-state index in [0.29, 0.717) is 5.92 Å². The third-order valence-electron chi connectivity index (χ3n) is 10.2. The summed E-state index contributed by atoms with van der Waals surface area (Å²) in [5, 5.41) is 2.80. The van der Waals surface area contributed by atoms with Crippen LogP contribution in [-0.2, 0) is 0 Å². The van der Waals surface area contributed by atoms with Crippen LogP contribution in [0.25, 0.3) is 21.9 Å². The molecular weight excluding hydrogens is 571 g/mol. The molecule has 2 atom stereocenters. The molecule has 0 heterocycles. The summed E-state index contributed by atoms with van der Waals surface area (Å²) in [4.78, 5) is 0. The fourth-order valence-corrected chi connectivity index (χ4v) is 10.0. The predicted molar refractivity (Wildman–Crippen MR) is 210 cm³/mol. The number of hydrogen-bond acceptors (Lipinski definition) is 0. The summed E-state index contributed by atoms with van der Waals surface area (Å²) in [6, 6.07) is 25.5. The van der Waals surface area contributed by atoms with Crippen molar-refractivity contribution in [3.63, 3.8) is 0 Å². The Kier molecular flexibility index (Phi) is 17.3. The minimum Gasteiger partial charge on any atom is -0.0843 e. The van der Waals surface area contributed by atoms with Crippen molar-refractivity contribution < 1.29 is 0 Å². The zero-order chi connectivity index (χ0) is 32.2. The van der Waals surface area contributed by atoms with Crippen LogP contribution in [0.5, 0.6) is 0 Å². The third-order valence-corrected chi connectivity index (χ3v) is 12.6. The van der Waals surface area contributed by atoms with E-state index in [1.54, 1.807) is 22.3 Å². The van der Waals surface area contributed by atoms with Crippen LogP contribution in [0.4, 0.5) is 0 Å². The SMILES string of the molecule is CCC=CP(CCCC)CCCCCCCCC1C(c2cccc3ccccc23)=C(CCCCCCCCCC)c2ccccc21. The number of allylic oxidation sites excluding steroid dienone is 3. The van der Waals surface area contributed by atoms with Gasteiger partial charge in [-0.2, -0.15) is 0 Å². The van der Waals surface area contributed by atoms with E-state index in [-0.39, 0.29) is 7.92 Å². The van der Waals surface area contributed by atoms with Crippen molar-refractivity contribution in [3.8, 4) is 0 Å². The lowest BCUT2D eigenvalue weighted by atomic mass is 9.84. The quantitative estimate of drug-likeness (QED) is 0.0678. The Morgan fingerprint density at radius 2 is 1.17 bits per heavy atom. The van der Waals surface area contributed by atoms with Gasteiger partial charge in [0.25, 0.3) is 0 Å². The first-order valence-corrected chi connectivity index (χ1v) is 21.3. The number of benzene rings is 3. The van der Waals surface area contributed by atoms with Crippen LogP contribution in [0.2, 0.25) is 0 Å². The monoisotopic (exact) mass is 636 g/mol. The largest absolute Gasteiger partial charge is 0.0843 e. The fraction of sp³-hybridized carbons (Fsp3) is 0.556. The summed E-state index contributed by atoms with van der Waals surface area (Å²) in [5.41, 5.74) is 7.95. The number of rotatable bonds is 24. The fourth-order valence-electron chi connectivity index (χ4n) is 7.65. The van der Waals surface area contributed by atoms with Crippen LogP contribution in [0.3, 0.4) is 0 Å². The summed E-state index contributed by atoms with van der Waals surface area (Å²) in [7, 11) is 0.128. The van der Waals surface area contributed by atoms with Crippen LogP contribution >= 0.6 is 7.92 Å². The minimum absolute atomic E-state index is 0.128. The molecule has 0 saturated carbocycles. The van der Waals surface area contributed by atoms with Gasteiger partial charge in [-0.15, -0.1) is 0 Å². The predicted octanol–water partition coefficient (Wildman–Crippen LogP) is 15.3. The van der Waals surface area contributed by atoms with Crippen molar-refractivity contribution in [2.45, 2.75) is 149 Å². The van der Waals surface area contributed by atoms with Gasteiger partial charge in [0, 0.05) is 5.92 Å². The van der Waals surface area contributed by atoms with E-state index in [1.807, 2.05) is 0 Å². The lowest BCUT2D eigenvalue weighted by Gasteiger charge is -2.20. The Hall–Kier alpha value is -2.17. The molecule has 1 heteroatoms. The molecule has 0 radical (unpaired) electrons. The van der Waals surface area contributed by atoms with Crippen molar-refractivity contribution in [1.29, 1.82) is 0 Å². The average molecular weight is 637 g/mol. The zero-order valence-corrected chi connectivity index (χ0v) is 30.8. The molecule has 3 aromatic rings.